The van der Waals surface area contributed by atoms with Gasteiger partial charge in [0.1, 0.15) is 11.3 Å². The van der Waals surface area contributed by atoms with E-state index >= 15 is 0 Å². The Morgan fingerprint density at radius 3 is 2.54 bits per heavy atom. The molecule has 2 rings (SSSR count). The highest BCUT2D eigenvalue weighted by Gasteiger charge is 2.13. The molecule has 1 amide bonds. The average Bonchev–Trinajstić information content (AvgIpc) is 2.94. The Labute approximate surface area is 159 Å². The largest absolute Gasteiger partial charge is 0.459 e. The van der Waals surface area contributed by atoms with Crippen LogP contribution in [0.3, 0.4) is 0 Å². The van der Waals surface area contributed by atoms with E-state index in [0.29, 0.717) is 5.96 Å². The second-order valence-corrected chi connectivity index (χ2v) is 5.70. The summed E-state index contributed by atoms with van der Waals surface area (Å²) in [7, 11) is 1.67. The quantitative estimate of drug-likeness (QED) is 0.377. The molecule has 1 aromatic heterocycles. The summed E-state index contributed by atoms with van der Waals surface area (Å²) in [4.78, 5) is 15.8. The third-order valence-electron chi connectivity index (χ3n) is 3.31. The van der Waals surface area contributed by atoms with Crippen molar-refractivity contribution >= 4 is 46.8 Å². The molecule has 0 saturated heterocycles. The van der Waals surface area contributed by atoms with Crippen molar-refractivity contribution in [3.05, 3.63) is 36.1 Å². The predicted molar refractivity (Wildman–Crippen MR) is 108 cm³/mol. The molecule has 0 aliphatic carbocycles. The topological polar surface area (TPSA) is 78.7 Å². The lowest BCUT2D eigenvalue weighted by atomic mass is 10.2. The number of guanidine groups is 1. The summed E-state index contributed by atoms with van der Waals surface area (Å²) >= 11 is 0. The number of nitrogens with one attached hydrogen (secondary N) is 3. The predicted octanol–water partition coefficient (Wildman–Crippen LogP) is 2.80. The lowest BCUT2D eigenvalue weighted by Gasteiger charge is -2.16. The van der Waals surface area contributed by atoms with Gasteiger partial charge in [0.15, 0.2) is 5.96 Å². The Morgan fingerprint density at radius 1 is 1.21 bits per heavy atom. The van der Waals surface area contributed by atoms with Gasteiger partial charge in [-0.2, -0.15) is 0 Å². The van der Waals surface area contributed by atoms with Gasteiger partial charge in [-0.25, -0.2) is 0 Å². The van der Waals surface area contributed by atoms with Crippen LogP contribution in [0.15, 0.2) is 39.7 Å². The van der Waals surface area contributed by atoms with Crippen LogP contribution >= 0.6 is 24.0 Å². The zero-order valence-corrected chi connectivity index (χ0v) is 16.8. The van der Waals surface area contributed by atoms with E-state index in [2.05, 4.69) is 20.9 Å². The zero-order chi connectivity index (χ0) is 16.8. The van der Waals surface area contributed by atoms with Crippen molar-refractivity contribution in [3.8, 4) is 0 Å². The van der Waals surface area contributed by atoms with Gasteiger partial charge in [0, 0.05) is 18.5 Å². The number of fused-ring (bicyclic) bond motifs is 1. The molecule has 132 valence electrons. The molecule has 1 aromatic carbocycles. The molecule has 0 fully saturated rings. The van der Waals surface area contributed by atoms with Crippen molar-refractivity contribution in [2.45, 2.75) is 32.9 Å². The van der Waals surface area contributed by atoms with E-state index in [1.165, 1.54) is 0 Å². The summed E-state index contributed by atoms with van der Waals surface area (Å²) in [6.45, 7) is 6.01. The van der Waals surface area contributed by atoms with Gasteiger partial charge < -0.3 is 20.4 Å². The number of rotatable bonds is 5. The van der Waals surface area contributed by atoms with Crippen molar-refractivity contribution in [2.75, 3.05) is 13.6 Å². The van der Waals surface area contributed by atoms with Gasteiger partial charge in [-0.05, 0) is 32.9 Å². The number of carbonyl (C=O) groups is 1. The van der Waals surface area contributed by atoms with Crippen LogP contribution in [0, 0.1) is 0 Å². The number of para-hydroxylation sites is 1. The molecule has 0 aliphatic heterocycles. The van der Waals surface area contributed by atoms with E-state index < -0.39 is 0 Å². The number of hydrogen-bond donors (Lipinski definition) is 3. The molecule has 3 N–H and O–H groups in total. The molecule has 0 bridgehead atoms. The Kier molecular flexibility index (Phi) is 8.03. The number of amides is 1. The van der Waals surface area contributed by atoms with E-state index in [1.807, 2.05) is 51.1 Å². The molecule has 1 heterocycles. The maximum atomic E-state index is 11.7. The van der Waals surface area contributed by atoms with Crippen LogP contribution in [0.25, 0.3) is 11.0 Å². The summed E-state index contributed by atoms with van der Waals surface area (Å²) in [5.74, 6) is 1.30. The minimum Gasteiger partial charge on any atom is -0.459 e. The second kappa shape index (κ2) is 9.51. The number of hydrogen-bond acceptors (Lipinski definition) is 3. The Hall–Kier alpha value is -1.77. The Balaban J connectivity index is 0.00000288. The summed E-state index contributed by atoms with van der Waals surface area (Å²) < 4.78 is 5.83. The van der Waals surface area contributed by atoms with Gasteiger partial charge in [-0.15, -0.1) is 24.0 Å². The smallest absolute Gasteiger partial charge is 0.239 e. The van der Waals surface area contributed by atoms with Crippen molar-refractivity contribution < 1.29 is 9.21 Å². The molecule has 0 radical (unpaired) electrons. The maximum absolute atomic E-state index is 11.7. The summed E-state index contributed by atoms with van der Waals surface area (Å²) in [6.07, 6.45) is 0. The second-order valence-electron chi connectivity index (χ2n) is 5.70. The van der Waals surface area contributed by atoms with E-state index in [-0.39, 0.29) is 48.5 Å². The molecule has 1 unspecified atom stereocenters. The van der Waals surface area contributed by atoms with Crippen LogP contribution in [0.2, 0.25) is 0 Å². The maximum Gasteiger partial charge on any atom is 0.239 e. The van der Waals surface area contributed by atoms with Crippen molar-refractivity contribution in [1.29, 1.82) is 0 Å². The molecular weight excluding hydrogens is 419 g/mol. The van der Waals surface area contributed by atoms with Gasteiger partial charge in [0.25, 0.3) is 0 Å². The van der Waals surface area contributed by atoms with Gasteiger partial charge in [0.05, 0.1) is 12.6 Å². The molecule has 24 heavy (non-hydrogen) atoms. The van der Waals surface area contributed by atoms with Crippen LogP contribution in [-0.4, -0.2) is 31.5 Å². The molecule has 0 saturated carbocycles. The highest BCUT2D eigenvalue weighted by atomic mass is 127. The first-order valence-corrected chi connectivity index (χ1v) is 7.74. The fourth-order valence-corrected chi connectivity index (χ4v) is 2.22. The molecular formula is C17H25IN4O2. The summed E-state index contributed by atoms with van der Waals surface area (Å²) in [6, 6.07) is 9.93. The number of benzene rings is 1. The van der Waals surface area contributed by atoms with Gasteiger partial charge in [-0.3, -0.25) is 9.79 Å². The normalized spacial score (nSPS) is 12.6. The van der Waals surface area contributed by atoms with E-state index in [0.717, 1.165) is 16.7 Å². The molecule has 0 aliphatic rings. The van der Waals surface area contributed by atoms with E-state index in [4.69, 9.17) is 4.42 Å². The lowest BCUT2D eigenvalue weighted by molar-refractivity contribution is -0.120. The van der Waals surface area contributed by atoms with E-state index in [9.17, 15) is 4.79 Å². The number of furan rings is 1. The molecule has 7 heteroatoms. The molecule has 1 atom stereocenters. The highest BCUT2D eigenvalue weighted by Crippen LogP contribution is 2.23. The van der Waals surface area contributed by atoms with Crippen molar-refractivity contribution in [2.24, 2.45) is 4.99 Å². The molecule has 0 spiro atoms. The minimum atomic E-state index is -0.0701. The first kappa shape index (κ1) is 20.3. The van der Waals surface area contributed by atoms with Crippen molar-refractivity contribution in [3.63, 3.8) is 0 Å². The third-order valence-corrected chi connectivity index (χ3v) is 3.31. The van der Waals surface area contributed by atoms with Gasteiger partial charge >= 0.3 is 0 Å². The lowest BCUT2D eigenvalue weighted by Crippen LogP contribution is -2.45. The fraction of sp³-hybridized carbons (Fsp3) is 0.412. The third kappa shape index (κ3) is 5.70. The van der Waals surface area contributed by atoms with Crippen LogP contribution in [0.5, 0.6) is 0 Å². The SMILES string of the molecule is CN=C(NCC(=O)NC(C)C)NC(C)c1cc2ccccc2o1.I. The standard InChI is InChI=1S/C17H24N4O2.HI/c1-11(2)20-16(22)10-19-17(18-4)21-12(3)15-9-13-7-5-6-8-14(13)23-15;/h5-9,11-12H,10H2,1-4H3,(H,20,22)(H2,18,19,21);1H. The van der Waals surface area contributed by atoms with Crippen LogP contribution < -0.4 is 16.0 Å². The van der Waals surface area contributed by atoms with E-state index in [1.54, 1.807) is 7.05 Å². The number of aliphatic imine (C=N–C) groups is 1. The van der Waals surface area contributed by atoms with Crippen molar-refractivity contribution in [1.82, 2.24) is 16.0 Å². The first-order valence-electron chi connectivity index (χ1n) is 7.74. The zero-order valence-electron chi connectivity index (χ0n) is 14.4. The minimum absolute atomic E-state index is 0. The summed E-state index contributed by atoms with van der Waals surface area (Å²) in [5, 5.41) is 10.1. The monoisotopic (exact) mass is 444 g/mol. The van der Waals surface area contributed by atoms with Crippen LogP contribution in [-0.2, 0) is 4.79 Å². The summed E-state index contributed by atoms with van der Waals surface area (Å²) in [5.41, 5.74) is 0.857. The number of nitrogens with zero attached hydrogens (tertiary/aromatic N) is 1. The number of halogens is 1. The first-order chi connectivity index (χ1) is 11.0. The molecule has 2 aromatic rings. The highest BCUT2D eigenvalue weighted by molar-refractivity contribution is 14.0. The fourth-order valence-electron chi connectivity index (χ4n) is 2.22. The van der Waals surface area contributed by atoms with Crippen LogP contribution in [0.4, 0.5) is 0 Å². The average molecular weight is 444 g/mol. The Bertz CT molecular complexity index is 664. The van der Waals surface area contributed by atoms with Gasteiger partial charge in [-0.1, -0.05) is 18.2 Å². The van der Waals surface area contributed by atoms with Gasteiger partial charge in [0.2, 0.25) is 5.91 Å². The molecule has 6 nitrogen and oxygen atoms in total. The number of carbonyl (C=O) groups excluding carboxylic acids is 1. The van der Waals surface area contributed by atoms with Crippen LogP contribution in [0.1, 0.15) is 32.6 Å². The Morgan fingerprint density at radius 2 is 1.92 bits per heavy atom.